The molecule has 2 aromatic carbocycles. The molecule has 0 radical (unpaired) electrons. The van der Waals surface area contributed by atoms with E-state index in [2.05, 4.69) is 10.1 Å². The van der Waals surface area contributed by atoms with Crippen molar-refractivity contribution in [1.82, 2.24) is 19.1 Å². The third-order valence-corrected chi connectivity index (χ3v) is 10.9. The Hall–Kier alpha value is -4.31. The summed E-state index contributed by atoms with van der Waals surface area (Å²) in [5, 5.41) is 4.47. The number of methoxy groups -OCH3 is 1. The van der Waals surface area contributed by atoms with Gasteiger partial charge in [0.05, 0.1) is 40.1 Å². The summed E-state index contributed by atoms with van der Waals surface area (Å²) in [5.74, 6) is -1.75. The minimum absolute atomic E-state index is 0.00672. The van der Waals surface area contributed by atoms with E-state index in [1.54, 1.807) is 22.9 Å². The molecule has 6 rings (SSSR count). The number of ether oxygens (including phenoxy) is 2. The van der Waals surface area contributed by atoms with Gasteiger partial charge in [0.15, 0.2) is 5.78 Å². The average Bonchev–Trinajstić information content (AvgIpc) is 3.49. The van der Waals surface area contributed by atoms with Crippen LogP contribution >= 0.6 is 0 Å². The number of pyridine rings is 1. The molecule has 0 saturated heterocycles. The molecule has 1 saturated carbocycles. The predicted octanol–water partition coefficient (Wildman–Crippen LogP) is 6.24. The van der Waals surface area contributed by atoms with Gasteiger partial charge in [-0.05, 0) is 98.0 Å². The standard InChI is InChI=1S/C34H31F5N4O5S/c1-47-21-48-15-14-42(49(45,46)29-10-5-26(36)6-11-29)28-7-2-23-17-31-22(20-41-43(31)27-8-3-25(35)4-9-27)18-33(23,19-28)32(44)30-16-24(12-13-40-30)34(37,38)39/h3-6,8-13,16-17,20,28H,2,7,14-15,18-19,21H2,1H3/t28-,33-/m0/s1. The maximum atomic E-state index is 14.6. The molecule has 1 fully saturated rings. The van der Waals surface area contributed by atoms with Crippen molar-refractivity contribution in [1.29, 1.82) is 0 Å². The van der Waals surface area contributed by atoms with Crippen LogP contribution < -0.4 is 0 Å². The first-order chi connectivity index (χ1) is 23.3. The van der Waals surface area contributed by atoms with Gasteiger partial charge in [0.1, 0.15) is 24.1 Å². The number of hydrogen-bond acceptors (Lipinski definition) is 7. The molecule has 2 aromatic heterocycles. The number of rotatable bonds is 11. The van der Waals surface area contributed by atoms with Crippen LogP contribution in [0.2, 0.25) is 0 Å². The molecule has 258 valence electrons. The zero-order valence-corrected chi connectivity index (χ0v) is 27.0. The number of nitrogens with zero attached hydrogens (tertiary/aromatic N) is 4. The number of alkyl halides is 3. The Morgan fingerprint density at radius 2 is 1.76 bits per heavy atom. The van der Waals surface area contributed by atoms with Crippen molar-refractivity contribution in [2.45, 2.75) is 42.8 Å². The zero-order valence-electron chi connectivity index (χ0n) is 26.2. The van der Waals surface area contributed by atoms with Crippen LogP contribution in [0.4, 0.5) is 22.0 Å². The smallest absolute Gasteiger partial charge is 0.359 e. The van der Waals surface area contributed by atoms with Crippen LogP contribution in [-0.4, -0.2) is 66.4 Å². The van der Waals surface area contributed by atoms with Crippen LogP contribution in [0, 0.1) is 17.0 Å². The first-order valence-electron chi connectivity index (χ1n) is 15.3. The highest BCUT2D eigenvalue weighted by molar-refractivity contribution is 7.89. The van der Waals surface area contributed by atoms with E-state index in [0.717, 1.165) is 36.5 Å². The summed E-state index contributed by atoms with van der Waals surface area (Å²) in [4.78, 5) is 18.5. The maximum Gasteiger partial charge on any atom is 0.416 e. The molecule has 0 bridgehead atoms. The van der Waals surface area contributed by atoms with Gasteiger partial charge in [-0.15, -0.1) is 0 Å². The third kappa shape index (κ3) is 6.80. The van der Waals surface area contributed by atoms with E-state index in [-0.39, 0.29) is 50.5 Å². The molecule has 15 heteroatoms. The van der Waals surface area contributed by atoms with Gasteiger partial charge in [-0.1, -0.05) is 5.57 Å². The lowest BCUT2D eigenvalue weighted by Crippen LogP contribution is -2.51. The van der Waals surface area contributed by atoms with Crippen LogP contribution in [-0.2, 0) is 32.1 Å². The quantitative estimate of drug-likeness (QED) is 0.0790. The van der Waals surface area contributed by atoms with Crippen LogP contribution in [0.1, 0.15) is 46.6 Å². The van der Waals surface area contributed by atoms with E-state index in [1.807, 2.05) is 0 Å². The summed E-state index contributed by atoms with van der Waals surface area (Å²) < 4.78 is 110. The number of carbonyl (C=O) groups is 1. The molecular weight excluding hydrogens is 671 g/mol. The van der Waals surface area contributed by atoms with Crippen molar-refractivity contribution in [3.05, 3.63) is 113 Å². The second-order valence-electron chi connectivity index (χ2n) is 11.9. The Balaban J connectivity index is 1.45. The highest BCUT2D eigenvalue weighted by Gasteiger charge is 2.52. The van der Waals surface area contributed by atoms with Gasteiger partial charge in [-0.3, -0.25) is 9.78 Å². The third-order valence-electron chi connectivity index (χ3n) is 8.95. The Kier molecular flexibility index (Phi) is 9.55. The number of ketones is 1. The Labute approximate surface area is 279 Å². The first kappa shape index (κ1) is 34.5. The molecule has 0 aliphatic heterocycles. The fourth-order valence-electron chi connectivity index (χ4n) is 6.63. The van der Waals surface area contributed by atoms with Crippen LogP contribution in [0.25, 0.3) is 11.8 Å². The summed E-state index contributed by atoms with van der Waals surface area (Å²) in [6.45, 7) is -0.322. The number of Topliss-reactive ketones (excluding diaryl/α,β-unsaturated/α-hetero) is 1. The van der Waals surface area contributed by atoms with Crippen LogP contribution in [0.3, 0.4) is 0 Å². The van der Waals surface area contributed by atoms with E-state index in [9.17, 15) is 35.2 Å². The number of allylic oxidation sites excluding steroid dienone is 1. The summed E-state index contributed by atoms with van der Waals surface area (Å²) in [6.07, 6.45) is -0.154. The topological polar surface area (TPSA) is 104 Å². The van der Waals surface area contributed by atoms with E-state index < -0.39 is 56.3 Å². The normalized spacial score (nSPS) is 19.3. The van der Waals surface area contributed by atoms with Gasteiger partial charge in [0.25, 0.3) is 0 Å². The lowest BCUT2D eigenvalue weighted by Gasteiger charge is -2.46. The highest BCUT2D eigenvalue weighted by atomic mass is 32.2. The summed E-state index contributed by atoms with van der Waals surface area (Å²) in [7, 11) is -2.87. The molecule has 2 aliphatic rings. The Morgan fingerprint density at radius 1 is 1.06 bits per heavy atom. The summed E-state index contributed by atoms with van der Waals surface area (Å²) in [5.41, 5.74) is -0.607. The number of hydrogen-bond donors (Lipinski definition) is 0. The number of sulfonamides is 1. The zero-order chi connectivity index (χ0) is 35.0. The minimum atomic E-state index is -4.73. The highest BCUT2D eigenvalue weighted by Crippen LogP contribution is 2.51. The van der Waals surface area contributed by atoms with E-state index in [1.165, 1.54) is 29.7 Å². The van der Waals surface area contributed by atoms with Crippen molar-refractivity contribution in [2.24, 2.45) is 5.41 Å². The SMILES string of the molecule is COCOCCN([C@H]1CCC2=Cc3c(cnn3-c3ccc(F)cc3)C[C@]2(C(=O)c2cc(C(F)(F)F)ccn2)C1)S(=O)(=O)c1ccc(F)cc1. The largest absolute Gasteiger partial charge is 0.416 e. The van der Waals surface area contributed by atoms with Crippen LogP contribution in [0.5, 0.6) is 0 Å². The second kappa shape index (κ2) is 13.5. The predicted molar refractivity (Wildman–Crippen MR) is 167 cm³/mol. The van der Waals surface area contributed by atoms with Gasteiger partial charge < -0.3 is 9.47 Å². The summed E-state index contributed by atoms with van der Waals surface area (Å²) in [6, 6.07) is 10.7. The fourth-order valence-corrected chi connectivity index (χ4v) is 8.27. The number of fused-ring (bicyclic) bond motifs is 2. The van der Waals surface area contributed by atoms with Gasteiger partial charge in [-0.25, -0.2) is 21.9 Å². The first-order valence-corrected chi connectivity index (χ1v) is 16.7. The van der Waals surface area contributed by atoms with Crippen molar-refractivity contribution in [3.63, 3.8) is 0 Å². The van der Waals surface area contributed by atoms with E-state index >= 15 is 0 Å². The number of halogens is 5. The van der Waals surface area contributed by atoms with Crippen molar-refractivity contribution >= 4 is 21.9 Å². The minimum Gasteiger partial charge on any atom is -0.359 e. The van der Waals surface area contributed by atoms with Crippen molar-refractivity contribution in [3.8, 4) is 5.69 Å². The molecule has 4 aromatic rings. The number of benzene rings is 2. The lowest BCUT2D eigenvalue weighted by molar-refractivity contribution is -0.137. The average molecular weight is 703 g/mol. The van der Waals surface area contributed by atoms with E-state index in [4.69, 9.17) is 9.47 Å². The molecule has 2 aliphatic carbocycles. The van der Waals surface area contributed by atoms with Crippen molar-refractivity contribution < 1.29 is 44.6 Å². The van der Waals surface area contributed by atoms with E-state index in [0.29, 0.717) is 28.6 Å². The van der Waals surface area contributed by atoms with Gasteiger partial charge in [0.2, 0.25) is 10.0 Å². The molecule has 2 atom stereocenters. The molecule has 9 nitrogen and oxygen atoms in total. The molecule has 0 unspecified atom stereocenters. The Morgan fingerprint density at radius 3 is 2.43 bits per heavy atom. The molecule has 2 heterocycles. The fraction of sp³-hybridized carbons (Fsp3) is 0.324. The molecule has 0 spiro atoms. The lowest BCUT2D eigenvalue weighted by atomic mass is 9.60. The monoisotopic (exact) mass is 702 g/mol. The van der Waals surface area contributed by atoms with Gasteiger partial charge in [-0.2, -0.15) is 22.6 Å². The number of aromatic nitrogens is 3. The second-order valence-corrected chi connectivity index (χ2v) is 13.8. The number of carbonyl (C=O) groups excluding carboxylic acids is 1. The van der Waals surface area contributed by atoms with Gasteiger partial charge in [0, 0.05) is 25.9 Å². The van der Waals surface area contributed by atoms with Crippen LogP contribution in [0.15, 0.2) is 83.5 Å². The molecule has 0 amide bonds. The molecular formula is C34H31F5N4O5S. The van der Waals surface area contributed by atoms with Gasteiger partial charge >= 0.3 is 6.18 Å². The molecule has 49 heavy (non-hydrogen) atoms. The Bertz CT molecular complexity index is 1980. The molecule has 0 N–H and O–H groups in total. The maximum absolute atomic E-state index is 14.6. The summed E-state index contributed by atoms with van der Waals surface area (Å²) >= 11 is 0. The van der Waals surface area contributed by atoms with Crippen molar-refractivity contribution in [2.75, 3.05) is 27.1 Å².